The van der Waals surface area contributed by atoms with Crippen LogP contribution in [-0.2, 0) is 16.6 Å². The largest absolute Gasteiger partial charge is 0.398 e. The molecule has 0 bridgehead atoms. The molecule has 0 radical (unpaired) electrons. The van der Waals surface area contributed by atoms with Gasteiger partial charge in [0.25, 0.3) is 0 Å². The molecule has 0 saturated heterocycles. The number of thiazole rings is 1. The molecule has 108 valence electrons. The minimum absolute atomic E-state index is 0.190. The van der Waals surface area contributed by atoms with Crippen molar-refractivity contribution in [2.45, 2.75) is 25.3 Å². The summed E-state index contributed by atoms with van der Waals surface area (Å²) in [7, 11) is -2.09. The topological polar surface area (TPSA) is 76.3 Å². The molecular formula is C13H17N3O2S2. The summed E-state index contributed by atoms with van der Waals surface area (Å²) in [4.78, 5) is 4.30. The SMILES string of the molecule is Cc1ccc(N)c(S(=O)(=O)N(C)Cc2cscn2)c1C. The van der Waals surface area contributed by atoms with Gasteiger partial charge in [-0.1, -0.05) is 6.07 Å². The molecule has 0 unspecified atom stereocenters. The molecule has 2 aromatic rings. The third kappa shape index (κ3) is 2.70. The number of aromatic nitrogens is 1. The lowest BCUT2D eigenvalue weighted by atomic mass is 10.1. The van der Waals surface area contributed by atoms with Crippen LogP contribution in [0.4, 0.5) is 5.69 Å². The van der Waals surface area contributed by atoms with Gasteiger partial charge in [-0.15, -0.1) is 11.3 Å². The molecule has 0 aliphatic carbocycles. The number of benzene rings is 1. The number of nitrogens with two attached hydrogens (primary N) is 1. The maximum absolute atomic E-state index is 12.7. The van der Waals surface area contributed by atoms with Gasteiger partial charge in [0, 0.05) is 12.4 Å². The Labute approximate surface area is 123 Å². The third-order valence-corrected chi connectivity index (χ3v) is 5.89. The molecule has 20 heavy (non-hydrogen) atoms. The summed E-state index contributed by atoms with van der Waals surface area (Å²) >= 11 is 1.44. The minimum atomic E-state index is -3.63. The predicted molar refractivity (Wildman–Crippen MR) is 81.1 cm³/mol. The lowest BCUT2D eigenvalue weighted by Gasteiger charge is -2.20. The van der Waals surface area contributed by atoms with E-state index in [0.29, 0.717) is 5.56 Å². The Morgan fingerprint density at radius 2 is 2.05 bits per heavy atom. The summed E-state index contributed by atoms with van der Waals surface area (Å²) in [6.07, 6.45) is 0. The second kappa shape index (κ2) is 5.51. The average molecular weight is 311 g/mol. The van der Waals surface area contributed by atoms with Crippen LogP contribution >= 0.6 is 11.3 Å². The molecule has 0 aliphatic rings. The van der Waals surface area contributed by atoms with Crippen molar-refractivity contribution in [2.24, 2.45) is 0 Å². The second-order valence-electron chi connectivity index (χ2n) is 4.67. The average Bonchev–Trinajstić information content (AvgIpc) is 2.87. The molecule has 1 heterocycles. The molecule has 0 aliphatic heterocycles. The van der Waals surface area contributed by atoms with Crippen LogP contribution in [0.5, 0.6) is 0 Å². The van der Waals surface area contributed by atoms with Crippen molar-refractivity contribution in [2.75, 3.05) is 12.8 Å². The van der Waals surface area contributed by atoms with Gasteiger partial charge in [0.15, 0.2) is 0 Å². The highest BCUT2D eigenvalue weighted by atomic mass is 32.2. The van der Waals surface area contributed by atoms with Crippen molar-refractivity contribution in [3.8, 4) is 0 Å². The lowest BCUT2D eigenvalue weighted by Crippen LogP contribution is -2.28. The first kappa shape index (κ1) is 15.0. The van der Waals surface area contributed by atoms with E-state index in [9.17, 15) is 8.42 Å². The molecule has 0 saturated carbocycles. The van der Waals surface area contributed by atoms with E-state index in [4.69, 9.17) is 5.73 Å². The van der Waals surface area contributed by atoms with Gasteiger partial charge < -0.3 is 5.73 Å². The van der Waals surface area contributed by atoms with E-state index >= 15 is 0 Å². The zero-order valence-electron chi connectivity index (χ0n) is 11.6. The van der Waals surface area contributed by atoms with E-state index in [-0.39, 0.29) is 17.1 Å². The van der Waals surface area contributed by atoms with Gasteiger partial charge in [-0.25, -0.2) is 13.4 Å². The summed E-state index contributed by atoms with van der Waals surface area (Å²) in [5.74, 6) is 0. The van der Waals surface area contributed by atoms with Crippen molar-refractivity contribution < 1.29 is 8.42 Å². The zero-order chi connectivity index (χ0) is 14.9. The quantitative estimate of drug-likeness (QED) is 0.878. The van der Waals surface area contributed by atoms with E-state index in [2.05, 4.69) is 4.98 Å². The summed E-state index contributed by atoms with van der Waals surface area (Å²) in [5.41, 5.74) is 10.1. The smallest absolute Gasteiger partial charge is 0.245 e. The molecule has 0 atom stereocenters. The van der Waals surface area contributed by atoms with Gasteiger partial charge in [0.2, 0.25) is 10.0 Å². The first-order chi connectivity index (χ1) is 9.34. The van der Waals surface area contributed by atoms with Crippen molar-refractivity contribution in [3.63, 3.8) is 0 Å². The third-order valence-electron chi connectivity index (χ3n) is 3.24. The molecular weight excluding hydrogens is 294 g/mol. The maximum Gasteiger partial charge on any atom is 0.245 e. The van der Waals surface area contributed by atoms with Crippen LogP contribution < -0.4 is 5.73 Å². The monoisotopic (exact) mass is 311 g/mol. The first-order valence-electron chi connectivity index (χ1n) is 6.03. The molecule has 0 spiro atoms. The fraction of sp³-hybridized carbons (Fsp3) is 0.308. The van der Waals surface area contributed by atoms with Crippen molar-refractivity contribution >= 4 is 27.0 Å². The number of hydrogen-bond acceptors (Lipinski definition) is 5. The standard InChI is InChI=1S/C13H17N3O2S2/c1-9-4-5-12(14)13(10(9)2)20(17,18)16(3)6-11-7-19-8-15-11/h4-5,7-8H,6,14H2,1-3H3. The number of anilines is 1. The van der Waals surface area contributed by atoms with Gasteiger partial charge in [-0.05, 0) is 31.0 Å². The molecule has 0 amide bonds. The van der Waals surface area contributed by atoms with Crippen LogP contribution in [0.3, 0.4) is 0 Å². The molecule has 2 rings (SSSR count). The van der Waals surface area contributed by atoms with Gasteiger partial charge in [0.05, 0.1) is 23.4 Å². The van der Waals surface area contributed by atoms with E-state index in [0.717, 1.165) is 11.3 Å². The Bertz CT molecular complexity index is 709. The van der Waals surface area contributed by atoms with E-state index in [1.807, 2.05) is 18.4 Å². The Morgan fingerprint density at radius 3 is 2.65 bits per heavy atom. The van der Waals surface area contributed by atoms with Crippen LogP contribution in [0.1, 0.15) is 16.8 Å². The molecule has 1 aromatic heterocycles. The Morgan fingerprint density at radius 1 is 1.35 bits per heavy atom. The fourth-order valence-corrected chi connectivity index (χ4v) is 4.02. The van der Waals surface area contributed by atoms with Crippen molar-refractivity contribution in [1.29, 1.82) is 0 Å². The first-order valence-corrected chi connectivity index (χ1v) is 8.41. The van der Waals surface area contributed by atoms with Gasteiger partial charge in [-0.3, -0.25) is 0 Å². The highest BCUT2D eigenvalue weighted by Gasteiger charge is 2.26. The number of rotatable bonds is 4. The summed E-state index contributed by atoms with van der Waals surface area (Å²) < 4.78 is 26.6. The molecule has 1 aromatic carbocycles. The zero-order valence-corrected chi connectivity index (χ0v) is 13.3. The summed E-state index contributed by atoms with van der Waals surface area (Å²) in [5, 5.41) is 1.83. The lowest BCUT2D eigenvalue weighted by molar-refractivity contribution is 0.463. The Kier molecular flexibility index (Phi) is 4.12. The molecule has 2 N–H and O–H groups in total. The minimum Gasteiger partial charge on any atom is -0.398 e. The number of sulfonamides is 1. The van der Waals surface area contributed by atoms with Crippen LogP contribution in [0.15, 0.2) is 27.9 Å². The normalized spacial score (nSPS) is 12.0. The molecule has 7 heteroatoms. The van der Waals surface area contributed by atoms with E-state index < -0.39 is 10.0 Å². The summed E-state index contributed by atoms with van der Waals surface area (Å²) in [6, 6.07) is 3.45. The van der Waals surface area contributed by atoms with E-state index in [1.54, 1.807) is 18.5 Å². The number of nitrogen functional groups attached to an aromatic ring is 1. The maximum atomic E-state index is 12.7. The molecule has 5 nitrogen and oxygen atoms in total. The number of hydrogen-bond donors (Lipinski definition) is 1. The van der Waals surface area contributed by atoms with Crippen LogP contribution in [0.2, 0.25) is 0 Å². The summed E-state index contributed by atoms with van der Waals surface area (Å²) in [6.45, 7) is 3.88. The number of aryl methyl sites for hydroxylation is 1. The van der Waals surface area contributed by atoms with Crippen LogP contribution in [-0.4, -0.2) is 24.8 Å². The second-order valence-corrected chi connectivity index (χ2v) is 7.37. The van der Waals surface area contributed by atoms with Crippen molar-refractivity contribution in [3.05, 3.63) is 39.8 Å². The van der Waals surface area contributed by atoms with Gasteiger partial charge >= 0.3 is 0 Å². The predicted octanol–water partition coefficient (Wildman–Crippen LogP) is 2.16. The Hall–Kier alpha value is -1.44. The van der Waals surface area contributed by atoms with Crippen LogP contribution in [0, 0.1) is 13.8 Å². The Balaban J connectivity index is 2.42. The molecule has 0 fully saturated rings. The van der Waals surface area contributed by atoms with E-state index in [1.165, 1.54) is 22.7 Å². The van der Waals surface area contributed by atoms with Crippen LogP contribution in [0.25, 0.3) is 0 Å². The van der Waals surface area contributed by atoms with Crippen molar-refractivity contribution in [1.82, 2.24) is 9.29 Å². The van der Waals surface area contributed by atoms with Gasteiger partial charge in [0.1, 0.15) is 4.90 Å². The van der Waals surface area contributed by atoms with Gasteiger partial charge in [-0.2, -0.15) is 4.31 Å². The highest BCUT2D eigenvalue weighted by molar-refractivity contribution is 7.89. The number of nitrogens with zero attached hydrogens (tertiary/aromatic N) is 2. The highest BCUT2D eigenvalue weighted by Crippen LogP contribution is 2.28. The fourth-order valence-electron chi connectivity index (χ4n) is 1.94.